The van der Waals surface area contributed by atoms with Crippen LogP contribution in [0.25, 0.3) is 0 Å². The number of guanidine groups is 1. The zero-order valence-corrected chi connectivity index (χ0v) is 19.4. The van der Waals surface area contributed by atoms with E-state index < -0.39 is 0 Å². The molecule has 1 N–H and O–H groups in total. The van der Waals surface area contributed by atoms with Gasteiger partial charge in [0, 0.05) is 40.3 Å². The van der Waals surface area contributed by atoms with Crippen LogP contribution in [0.5, 0.6) is 0 Å². The average molecular weight is 492 g/mol. The molecule has 1 aliphatic rings. The Labute approximate surface area is 187 Å². The van der Waals surface area contributed by atoms with Crippen LogP contribution in [0.1, 0.15) is 17.5 Å². The SMILES string of the molecule is CN=C(NCC1CCN(CCc2ccccc2)C1)N(C)Cc1ccccc1.I. The second-order valence-electron chi connectivity index (χ2n) is 7.46. The quantitative estimate of drug-likeness (QED) is 0.362. The Kier molecular flexibility index (Phi) is 9.78. The van der Waals surface area contributed by atoms with Gasteiger partial charge in [-0.2, -0.15) is 0 Å². The fourth-order valence-electron chi connectivity index (χ4n) is 3.77. The monoisotopic (exact) mass is 492 g/mol. The lowest BCUT2D eigenvalue weighted by atomic mass is 10.1. The summed E-state index contributed by atoms with van der Waals surface area (Å²) in [5.41, 5.74) is 2.73. The fourth-order valence-corrected chi connectivity index (χ4v) is 3.77. The third kappa shape index (κ3) is 7.09. The molecule has 3 rings (SSSR count). The zero-order valence-electron chi connectivity index (χ0n) is 17.1. The summed E-state index contributed by atoms with van der Waals surface area (Å²) in [6, 6.07) is 21.3. The number of rotatable bonds is 7. The highest BCUT2D eigenvalue weighted by molar-refractivity contribution is 14.0. The summed E-state index contributed by atoms with van der Waals surface area (Å²) in [6.07, 6.45) is 2.41. The van der Waals surface area contributed by atoms with Gasteiger partial charge in [-0.3, -0.25) is 4.99 Å². The van der Waals surface area contributed by atoms with E-state index >= 15 is 0 Å². The van der Waals surface area contributed by atoms with Gasteiger partial charge in [-0.05, 0) is 36.4 Å². The van der Waals surface area contributed by atoms with Crippen LogP contribution in [0.4, 0.5) is 0 Å². The molecule has 2 aromatic carbocycles. The van der Waals surface area contributed by atoms with Crippen molar-refractivity contribution in [1.29, 1.82) is 0 Å². The molecule has 0 amide bonds. The summed E-state index contributed by atoms with van der Waals surface area (Å²) in [5.74, 6) is 1.67. The molecule has 0 bridgehead atoms. The van der Waals surface area contributed by atoms with Crippen LogP contribution >= 0.6 is 24.0 Å². The van der Waals surface area contributed by atoms with Gasteiger partial charge in [0.05, 0.1) is 0 Å². The van der Waals surface area contributed by atoms with Crippen molar-refractivity contribution in [3.8, 4) is 0 Å². The van der Waals surface area contributed by atoms with Crippen molar-refractivity contribution in [3.63, 3.8) is 0 Å². The number of halogens is 1. The molecule has 1 aliphatic heterocycles. The van der Waals surface area contributed by atoms with Gasteiger partial charge in [0.25, 0.3) is 0 Å². The van der Waals surface area contributed by atoms with Crippen molar-refractivity contribution in [1.82, 2.24) is 15.1 Å². The smallest absolute Gasteiger partial charge is 0.193 e. The molecule has 0 aromatic heterocycles. The number of benzene rings is 2. The normalized spacial score (nSPS) is 17.2. The molecule has 0 aliphatic carbocycles. The molecule has 0 spiro atoms. The third-order valence-corrected chi connectivity index (χ3v) is 5.31. The van der Waals surface area contributed by atoms with Gasteiger partial charge in [-0.1, -0.05) is 60.7 Å². The Morgan fingerprint density at radius 3 is 2.36 bits per heavy atom. The van der Waals surface area contributed by atoms with E-state index in [1.807, 2.05) is 7.05 Å². The van der Waals surface area contributed by atoms with Crippen molar-refractivity contribution in [2.75, 3.05) is 40.3 Å². The molecular weight excluding hydrogens is 459 g/mol. The number of hydrogen-bond acceptors (Lipinski definition) is 2. The van der Waals surface area contributed by atoms with Gasteiger partial charge < -0.3 is 15.1 Å². The van der Waals surface area contributed by atoms with Gasteiger partial charge in [0.2, 0.25) is 0 Å². The predicted octanol–water partition coefficient (Wildman–Crippen LogP) is 3.88. The maximum Gasteiger partial charge on any atom is 0.193 e. The zero-order chi connectivity index (χ0) is 18.9. The third-order valence-electron chi connectivity index (χ3n) is 5.31. The highest BCUT2D eigenvalue weighted by atomic mass is 127. The van der Waals surface area contributed by atoms with Gasteiger partial charge in [-0.15, -0.1) is 24.0 Å². The molecule has 5 heteroatoms. The van der Waals surface area contributed by atoms with Crippen molar-refractivity contribution in [3.05, 3.63) is 71.8 Å². The van der Waals surface area contributed by atoms with Crippen LogP contribution in [0, 0.1) is 5.92 Å². The molecule has 0 radical (unpaired) electrons. The minimum atomic E-state index is 0. The van der Waals surface area contributed by atoms with Crippen molar-refractivity contribution in [2.24, 2.45) is 10.9 Å². The number of aliphatic imine (C=N–C) groups is 1. The van der Waals surface area contributed by atoms with E-state index in [0.29, 0.717) is 5.92 Å². The fraction of sp³-hybridized carbons (Fsp3) is 0.435. The van der Waals surface area contributed by atoms with Gasteiger partial charge >= 0.3 is 0 Å². The molecule has 28 heavy (non-hydrogen) atoms. The van der Waals surface area contributed by atoms with E-state index in [2.05, 4.69) is 87.8 Å². The van der Waals surface area contributed by atoms with E-state index in [0.717, 1.165) is 32.0 Å². The summed E-state index contributed by atoms with van der Waals surface area (Å²) in [6.45, 7) is 5.40. The first-order chi connectivity index (χ1) is 13.2. The largest absolute Gasteiger partial charge is 0.356 e. The molecule has 4 nitrogen and oxygen atoms in total. The molecule has 1 saturated heterocycles. The number of nitrogens with zero attached hydrogens (tertiary/aromatic N) is 3. The second-order valence-corrected chi connectivity index (χ2v) is 7.46. The highest BCUT2D eigenvalue weighted by Gasteiger charge is 2.22. The highest BCUT2D eigenvalue weighted by Crippen LogP contribution is 2.16. The maximum absolute atomic E-state index is 4.46. The van der Waals surface area contributed by atoms with E-state index in [4.69, 9.17) is 0 Å². The molecule has 1 atom stereocenters. The molecular formula is C23H33IN4. The molecule has 1 heterocycles. The lowest BCUT2D eigenvalue weighted by molar-refractivity contribution is 0.327. The molecule has 0 saturated carbocycles. The first-order valence-electron chi connectivity index (χ1n) is 9.96. The van der Waals surface area contributed by atoms with Crippen LogP contribution in [0.15, 0.2) is 65.7 Å². The number of hydrogen-bond donors (Lipinski definition) is 1. The summed E-state index contributed by atoms with van der Waals surface area (Å²) in [4.78, 5) is 9.24. The van der Waals surface area contributed by atoms with E-state index in [1.54, 1.807) is 0 Å². The lowest BCUT2D eigenvalue weighted by Crippen LogP contribution is -2.41. The topological polar surface area (TPSA) is 30.9 Å². The van der Waals surface area contributed by atoms with Gasteiger partial charge in [0.15, 0.2) is 5.96 Å². The van der Waals surface area contributed by atoms with E-state index in [1.165, 1.54) is 30.6 Å². The Hall–Kier alpha value is -1.60. The van der Waals surface area contributed by atoms with Crippen LogP contribution < -0.4 is 5.32 Å². The lowest BCUT2D eigenvalue weighted by Gasteiger charge is -2.23. The predicted molar refractivity (Wildman–Crippen MR) is 129 cm³/mol. The Bertz CT molecular complexity index is 705. The standard InChI is InChI=1S/C23H32N4.HI/c1-24-23(26(2)18-21-11-7-4-8-12-21)25-17-22-14-16-27(19-22)15-13-20-9-5-3-6-10-20;/h3-12,22H,13-19H2,1-2H3,(H,24,25);1H. The van der Waals surface area contributed by atoms with Crippen LogP contribution in [-0.2, 0) is 13.0 Å². The van der Waals surface area contributed by atoms with Crippen molar-refractivity contribution < 1.29 is 0 Å². The van der Waals surface area contributed by atoms with Crippen LogP contribution in [-0.4, -0.2) is 56.0 Å². The molecule has 152 valence electrons. The van der Waals surface area contributed by atoms with Crippen molar-refractivity contribution in [2.45, 2.75) is 19.4 Å². The Morgan fingerprint density at radius 1 is 1.07 bits per heavy atom. The van der Waals surface area contributed by atoms with Crippen molar-refractivity contribution >= 4 is 29.9 Å². The maximum atomic E-state index is 4.46. The Balaban J connectivity index is 0.00000280. The van der Waals surface area contributed by atoms with Gasteiger partial charge in [0.1, 0.15) is 0 Å². The van der Waals surface area contributed by atoms with E-state index in [9.17, 15) is 0 Å². The molecule has 1 unspecified atom stereocenters. The minimum Gasteiger partial charge on any atom is -0.356 e. The Morgan fingerprint density at radius 2 is 1.71 bits per heavy atom. The minimum absolute atomic E-state index is 0. The van der Waals surface area contributed by atoms with Gasteiger partial charge in [-0.25, -0.2) is 0 Å². The number of likely N-dealkylation sites (tertiary alicyclic amines) is 1. The second kappa shape index (κ2) is 12.1. The van der Waals surface area contributed by atoms with E-state index in [-0.39, 0.29) is 24.0 Å². The summed E-state index contributed by atoms with van der Waals surface area (Å²) >= 11 is 0. The number of nitrogens with one attached hydrogen (secondary N) is 1. The molecule has 2 aromatic rings. The van der Waals surface area contributed by atoms with Crippen LogP contribution in [0.2, 0.25) is 0 Å². The average Bonchev–Trinajstić information content (AvgIpc) is 3.16. The summed E-state index contributed by atoms with van der Waals surface area (Å²) in [7, 11) is 3.97. The molecule has 1 fully saturated rings. The summed E-state index contributed by atoms with van der Waals surface area (Å²) in [5, 5.41) is 3.57. The first-order valence-corrected chi connectivity index (χ1v) is 9.96. The summed E-state index contributed by atoms with van der Waals surface area (Å²) < 4.78 is 0. The first kappa shape index (κ1) is 22.7. The van der Waals surface area contributed by atoms with Crippen LogP contribution in [0.3, 0.4) is 0 Å².